The second kappa shape index (κ2) is 12.8. The number of aromatic nitrogens is 1. The van der Waals surface area contributed by atoms with Crippen molar-refractivity contribution in [2.24, 2.45) is 4.99 Å². The van der Waals surface area contributed by atoms with Crippen LogP contribution in [0.4, 0.5) is 4.79 Å². The van der Waals surface area contributed by atoms with Crippen molar-refractivity contribution in [3.05, 3.63) is 45.8 Å². The Hall–Kier alpha value is -3.37. The third-order valence-electron chi connectivity index (χ3n) is 9.79. The van der Waals surface area contributed by atoms with Gasteiger partial charge in [0.15, 0.2) is 0 Å². The molecule has 2 bridgehead atoms. The van der Waals surface area contributed by atoms with E-state index in [2.05, 4.69) is 84.3 Å². The summed E-state index contributed by atoms with van der Waals surface area (Å²) in [4.78, 5) is 41.7. The number of aliphatic imine (C=N–C) groups is 1. The molecule has 2 aromatic heterocycles. The highest BCUT2D eigenvalue weighted by Gasteiger charge is 2.47. The van der Waals surface area contributed by atoms with Crippen LogP contribution in [0, 0.1) is 13.8 Å². The van der Waals surface area contributed by atoms with Crippen LogP contribution in [0.5, 0.6) is 0 Å². The smallest absolute Gasteiger partial charge is 0.413 e. The maximum Gasteiger partial charge on any atom is 0.413 e. The minimum Gasteiger partial charge on any atom is -0.450 e. The van der Waals surface area contributed by atoms with E-state index < -0.39 is 11.5 Å². The number of rotatable bonds is 7. The van der Waals surface area contributed by atoms with E-state index in [9.17, 15) is 9.59 Å². The lowest BCUT2D eigenvalue weighted by atomic mass is 9.88. The molecule has 0 unspecified atom stereocenters. The zero-order valence-electron chi connectivity index (χ0n) is 27.6. The summed E-state index contributed by atoms with van der Waals surface area (Å²) >= 11 is 1.70. The van der Waals surface area contributed by atoms with Crippen LogP contribution in [0.15, 0.2) is 29.3 Å². The first-order valence-electron chi connectivity index (χ1n) is 16.6. The summed E-state index contributed by atoms with van der Waals surface area (Å²) in [6, 6.07) is 9.72. The van der Waals surface area contributed by atoms with Gasteiger partial charge < -0.3 is 24.8 Å². The van der Waals surface area contributed by atoms with Crippen molar-refractivity contribution < 1.29 is 14.3 Å². The third-order valence-corrected chi connectivity index (χ3v) is 11.2. The Bertz CT molecular complexity index is 1560. The molecule has 0 radical (unpaired) electrons. The summed E-state index contributed by atoms with van der Waals surface area (Å²) in [6.07, 6.45) is 4.07. The Balaban J connectivity index is 1.37. The first kappa shape index (κ1) is 31.6. The van der Waals surface area contributed by atoms with Crippen LogP contribution in [0.25, 0.3) is 21.5 Å². The molecule has 3 fully saturated rings. The number of piperazine rings is 1. The van der Waals surface area contributed by atoms with Crippen molar-refractivity contribution in [2.45, 2.75) is 90.6 Å². The van der Waals surface area contributed by atoms with Gasteiger partial charge in [0, 0.05) is 61.0 Å². The van der Waals surface area contributed by atoms with Gasteiger partial charge in [0.2, 0.25) is 11.9 Å². The number of H-pyrrole nitrogens is 1. The van der Waals surface area contributed by atoms with Crippen molar-refractivity contribution in [3.63, 3.8) is 0 Å². The van der Waals surface area contributed by atoms with E-state index in [1.54, 1.807) is 18.3 Å². The number of aryl methyl sites for hydroxylation is 2. The van der Waals surface area contributed by atoms with Crippen LogP contribution >= 0.6 is 11.3 Å². The van der Waals surface area contributed by atoms with Gasteiger partial charge in [0.25, 0.3) is 0 Å². The second-order valence-electron chi connectivity index (χ2n) is 13.6. The summed E-state index contributed by atoms with van der Waals surface area (Å²) in [7, 11) is 0. The fourth-order valence-electron chi connectivity index (χ4n) is 7.51. The Morgan fingerprint density at radius 3 is 2.33 bits per heavy atom. The van der Waals surface area contributed by atoms with Crippen LogP contribution < -0.4 is 10.6 Å². The van der Waals surface area contributed by atoms with E-state index in [1.165, 1.54) is 16.7 Å². The first-order chi connectivity index (χ1) is 21.6. The molecule has 45 heavy (non-hydrogen) atoms. The van der Waals surface area contributed by atoms with Crippen LogP contribution in [0.2, 0.25) is 0 Å². The number of hydrogen-bond acceptors (Lipinski definition) is 6. The molecule has 6 rings (SSSR count). The molecule has 10 heteroatoms. The van der Waals surface area contributed by atoms with E-state index in [-0.39, 0.29) is 11.8 Å². The van der Waals surface area contributed by atoms with Crippen molar-refractivity contribution in [2.75, 3.05) is 39.3 Å². The summed E-state index contributed by atoms with van der Waals surface area (Å²) in [5, 5.41) is 7.42. The number of nitrogens with one attached hydrogen (secondary N) is 3. The van der Waals surface area contributed by atoms with Gasteiger partial charge >= 0.3 is 6.09 Å². The standard InChI is InChI=1S/C35H48N6O3S/c1-7-44-34(43)39-33(40-14-12-36-13-15-40)37-20-23(4)29-27-19-28(35(5,6)32(42)41-25-8-9-26(41)11-10-25)45-31(27)38-30(29)24-17-21(2)16-22(3)18-24/h16-19,23,25-26,36,38H,7-15,20H2,1-6H3,(H,37,39,43)/t23-,25?,26?/m1/s1. The number of amides is 2. The van der Waals surface area contributed by atoms with Gasteiger partial charge in [-0.2, -0.15) is 0 Å². The fraction of sp³-hybridized carbons (Fsp3) is 0.571. The van der Waals surface area contributed by atoms with Crippen molar-refractivity contribution >= 4 is 39.5 Å². The lowest BCUT2D eigenvalue weighted by molar-refractivity contribution is -0.137. The van der Waals surface area contributed by atoms with Gasteiger partial charge in [-0.25, -0.2) is 4.79 Å². The highest BCUT2D eigenvalue weighted by Crippen LogP contribution is 2.46. The number of carbonyl (C=O) groups excluding carboxylic acids is 2. The third kappa shape index (κ3) is 6.23. The largest absolute Gasteiger partial charge is 0.450 e. The Labute approximate surface area is 270 Å². The Kier molecular flexibility index (Phi) is 8.98. The fourth-order valence-corrected chi connectivity index (χ4v) is 8.68. The van der Waals surface area contributed by atoms with Gasteiger partial charge in [0.1, 0.15) is 4.83 Å². The molecular weight excluding hydrogens is 584 g/mol. The molecule has 3 N–H and O–H groups in total. The topological polar surface area (TPSA) is 102 Å². The van der Waals surface area contributed by atoms with Gasteiger partial charge in [-0.15, -0.1) is 11.3 Å². The summed E-state index contributed by atoms with van der Waals surface area (Å²) in [5.74, 6) is 0.850. The number of nitrogens with zero attached hydrogens (tertiary/aromatic N) is 3. The van der Waals surface area contributed by atoms with Crippen LogP contribution in [-0.4, -0.2) is 84.2 Å². The van der Waals surface area contributed by atoms with E-state index >= 15 is 0 Å². The molecule has 2 amide bonds. The number of hydrogen-bond donors (Lipinski definition) is 3. The van der Waals surface area contributed by atoms with Crippen molar-refractivity contribution in [3.8, 4) is 11.3 Å². The molecule has 3 aliphatic rings. The number of ether oxygens (including phenoxy) is 1. The highest BCUT2D eigenvalue weighted by atomic mass is 32.1. The second-order valence-corrected chi connectivity index (χ2v) is 14.6. The molecular formula is C35H48N6O3S. The normalized spacial score (nSPS) is 21.1. The number of carbonyl (C=O) groups is 2. The molecule has 0 spiro atoms. The summed E-state index contributed by atoms with van der Waals surface area (Å²) in [6.45, 7) is 16.4. The maximum atomic E-state index is 14.0. The monoisotopic (exact) mass is 632 g/mol. The minimum atomic E-state index is -0.604. The molecule has 3 saturated heterocycles. The zero-order chi connectivity index (χ0) is 31.9. The Morgan fingerprint density at radius 1 is 1.07 bits per heavy atom. The maximum absolute atomic E-state index is 14.0. The molecule has 242 valence electrons. The quantitative estimate of drug-likeness (QED) is 0.217. The van der Waals surface area contributed by atoms with Crippen molar-refractivity contribution in [1.29, 1.82) is 0 Å². The van der Waals surface area contributed by atoms with E-state index in [0.29, 0.717) is 31.2 Å². The first-order valence-corrected chi connectivity index (χ1v) is 17.4. The molecule has 3 aliphatic heterocycles. The lowest BCUT2D eigenvalue weighted by Crippen LogP contribution is -2.52. The average Bonchev–Trinajstić information content (AvgIpc) is 3.79. The van der Waals surface area contributed by atoms with Gasteiger partial charge in [-0.3, -0.25) is 15.1 Å². The van der Waals surface area contributed by atoms with E-state index in [4.69, 9.17) is 9.73 Å². The summed E-state index contributed by atoms with van der Waals surface area (Å²) < 4.78 is 5.20. The molecule has 0 saturated carbocycles. The van der Waals surface area contributed by atoms with Crippen LogP contribution in [-0.2, 0) is 14.9 Å². The number of fused-ring (bicyclic) bond motifs is 3. The zero-order valence-corrected chi connectivity index (χ0v) is 28.4. The van der Waals surface area contributed by atoms with Crippen LogP contribution in [0.1, 0.15) is 80.9 Å². The average molecular weight is 633 g/mol. The van der Waals surface area contributed by atoms with Gasteiger partial charge in [-0.05, 0) is 89.6 Å². The van der Waals surface area contributed by atoms with E-state index in [1.807, 2.05) is 0 Å². The predicted octanol–water partition coefficient (Wildman–Crippen LogP) is 6.06. The molecule has 3 aromatic rings. The van der Waals surface area contributed by atoms with Crippen LogP contribution in [0.3, 0.4) is 0 Å². The molecule has 1 aromatic carbocycles. The molecule has 1 atom stereocenters. The Morgan fingerprint density at radius 2 is 1.71 bits per heavy atom. The van der Waals surface area contributed by atoms with Crippen molar-refractivity contribution in [1.82, 2.24) is 25.4 Å². The minimum absolute atomic E-state index is 0.0344. The molecule has 5 heterocycles. The number of benzene rings is 1. The number of guanidine groups is 1. The molecule has 9 nitrogen and oxygen atoms in total. The lowest BCUT2D eigenvalue weighted by Gasteiger charge is -2.31. The predicted molar refractivity (Wildman–Crippen MR) is 182 cm³/mol. The SMILES string of the molecule is CCOC(=O)NC(=NC[C@@H](C)c1c(-c2cc(C)cc(C)c2)[nH]c2sc(C(C)(C)C(=O)N3C4CCC3CC4)cc12)N1CCNCC1. The molecule has 0 aliphatic carbocycles. The number of alkyl carbamates (subject to hydrolysis) is 1. The van der Waals surface area contributed by atoms with Gasteiger partial charge in [0.05, 0.1) is 17.7 Å². The van der Waals surface area contributed by atoms with E-state index in [0.717, 1.165) is 78.2 Å². The number of thiophene rings is 1. The van der Waals surface area contributed by atoms with Gasteiger partial charge in [-0.1, -0.05) is 24.1 Å². The highest BCUT2D eigenvalue weighted by molar-refractivity contribution is 7.19. The summed E-state index contributed by atoms with van der Waals surface area (Å²) in [5.41, 5.74) is 5.27. The number of aromatic amines is 1.